The van der Waals surface area contributed by atoms with Crippen molar-refractivity contribution in [3.05, 3.63) is 47.5 Å². The Balaban J connectivity index is 1.82. The summed E-state index contributed by atoms with van der Waals surface area (Å²) in [6.45, 7) is 1.43. The zero-order chi connectivity index (χ0) is 17.1. The van der Waals surface area contributed by atoms with Crippen molar-refractivity contribution in [1.82, 2.24) is 20.1 Å². The van der Waals surface area contributed by atoms with Gasteiger partial charge in [0.05, 0.1) is 0 Å². The molecule has 2 aromatic heterocycles. The molecule has 0 saturated heterocycles. The molecule has 3 rings (SSSR count). The maximum atomic E-state index is 12.4. The minimum atomic E-state index is -0.606. The van der Waals surface area contributed by atoms with Crippen LogP contribution in [0.4, 0.5) is 11.9 Å². The van der Waals surface area contributed by atoms with E-state index in [9.17, 15) is 4.79 Å². The number of nitrogens with zero attached hydrogens (tertiary/aromatic N) is 4. The monoisotopic (exact) mass is 326 g/mol. The van der Waals surface area contributed by atoms with Crippen LogP contribution in [-0.4, -0.2) is 26.1 Å². The van der Waals surface area contributed by atoms with E-state index in [0.29, 0.717) is 11.5 Å². The zero-order valence-corrected chi connectivity index (χ0v) is 12.8. The Hall–Kier alpha value is -3.49. The number of hydrogen-bond donors (Lipinski definition) is 2. The van der Waals surface area contributed by atoms with Gasteiger partial charge in [-0.3, -0.25) is 0 Å². The summed E-state index contributed by atoms with van der Waals surface area (Å²) in [7, 11) is 0. The molecule has 2 heterocycles. The molecule has 0 radical (unpaired) electrons. The molecule has 4 N–H and O–H groups in total. The highest BCUT2D eigenvalue weighted by Gasteiger charge is 2.23. The van der Waals surface area contributed by atoms with Crippen LogP contribution >= 0.6 is 0 Å². The summed E-state index contributed by atoms with van der Waals surface area (Å²) in [5, 5.41) is 3.93. The Morgan fingerprint density at radius 3 is 2.46 bits per heavy atom. The van der Waals surface area contributed by atoms with E-state index in [1.165, 1.54) is 0 Å². The molecule has 0 aliphatic rings. The van der Waals surface area contributed by atoms with E-state index in [0.717, 1.165) is 5.56 Å². The van der Waals surface area contributed by atoms with Gasteiger partial charge in [0, 0.05) is 5.56 Å². The summed E-state index contributed by atoms with van der Waals surface area (Å²) in [5.74, 6) is -0.179. The van der Waals surface area contributed by atoms with E-state index in [4.69, 9.17) is 20.7 Å². The predicted octanol–water partition coefficient (Wildman–Crippen LogP) is 1.36. The van der Waals surface area contributed by atoms with E-state index in [2.05, 4.69) is 20.1 Å². The highest BCUT2D eigenvalue weighted by atomic mass is 16.5. The van der Waals surface area contributed by atoms with Crippen molar-refractivity contribution in [3.63, 3.8) is 0 Å². The SMILES string of the molecule is Cc1onc(-c2ccccc2)c1C(=O)OCc1nc(N)nc(N)n1. The van der Waals surface area contributed by atoms with Gasteiger partial charge in [-0.05, 0) is 6.92 Å². The molecule has 0 spiro atoms. The number of rotatable bonds is 4. The normalized spacial score (nSPS) is 10.5. The first-order chi connectivity index (χ1) is 11.5. The highest BCUT2D eigenvalue weighted by Crippen LogP contribution is 2.25. The molecule has 0 bridgehead atoms. The maximum Gasteiger partial charge on any atom is 0.344 e. The Bertz CT molecular complexity index is 858. The van der Waals surface area contributed by atoms with Crippen molar-refractivity contribution in [2.24, 2.45) is 0 Å². The van der Waals surface area contributed by atoms with Gasteiger partial charge < -0.3 is 20.7 Å². The van der Waals surface area contributed by atoms with Crippen LogP contribution < -0.4 is 11.5 Å². The maximum absolute atomic E-state index is 12.4. The number of hydrogen-bond acceptors (Lipinski definition) is 9. The number of carbonyl (C=O) groups excluding carboxylic acids is 1. The van der Waals surface area contributed by atoms with Crippen molar-refractivity contribution in [2.45, 2.75) is 13.5 Å². The van der Waals surface area contributed by atoms with Crippen LogP contribution in [0.3, 0.4) is 0 Å². The molecule has 9 nitrogen and oxygen atoms in total. The Kier molecular flexibility index (Phi) is 4.06. The fourth-order valence-corrected chi connectivity index (χ4v) is 2.13. The van der Waals surface area contributed by atoms with E-state index in [1.807, 2.05) is 30.3 Å². The molecule has 0 aliphatic heterocycles. The lowest BCUT2D eigenvalue weighted by molar-refractivity contribution is 0.0461. The standard InChI is InChI=1S/C15H14N6O3/c1-8-11(12(21-24-8)9-5-3-2-4-6-9)13(22)23-7-10-18-14(16)20-15(17)19-10/h2-6H,7H2,1H3,(H4,16,17,18,19,20). The number of carbonyl (C=O) groups is 1. The fraction of sp³-hybridized carbons (Fsp3) is 0.133. The Morgan fingerprint density at radius 1 is 1.12 bits per heavy atom. The minimum Gasteiger partial charge on any atom is -0.454 e. The molecule has 0 atom stereocenters. The number of ether oxygens (including phenoxy) is 1. The van der Waals surface area contributed by atoms with Gasteiger partial charge in [0.1, 0.15) is 17.0 Å². The average molecular weight is 326 g/mol. The molecular formula is C15H14N6O3. The Morgan fingerprint density at radius 2 is 1.79 bits per heavy atom. The first-order valence-electron chi connectivity index (χ1n) is 6.99. The molecule has 24 heavy (non-hydrogen) atoms. The quantitative estimate of drug-likeness (QED) is 0.679. The molecule has 0 saturated carbocycles. The lowest BCUT2D eigenvalue weighted by Crippen LogP contribution is -2.12. The number of nitrogen functional groups attached to an aromatic ring is 2. The van der Waals surface area contributed by atoms with Crippen LogP contribution in [0.15, 0.2) is 34.9 Å². The first kappa shape index (κ1) is 15.4. The average Bonchev–Trinajstić information content (AvgIpc) is 2.94. The third-order valence-electron chi connectivity index (χ3n) is 3.16. The number of nitrogens with two attached hydrogens (primary N) is 2. The molecule has 1 aromatic carbocycles. The van der Waals surface area contributed by atoms with Gasteiger partial charge in [-0.25, -0.2) is 4.79 Å². The van der Waals surface area contributed by atoms with Gasteiger partial charge in [-0.15, -0.1) is 0 Å². The number of anilines is 2. The van der Waals surface area contributed by atoms with Gasteiger partial charge >= 0.3 is 5.97 Å². The van der Waals surface area contributed by atoms with Gasteiger partial charge in [0.2, 0.25) is 11.9 Å². The number of esters is 1. The summed E-state index contributed by atoms with van der Waals surface area (Å²) in [4.78, 5) is 23.8. The smallest absolute Gasteiger partial charge is 0.344 e. The van der Waals surface area contributed by atoms with Gasteiger partial charge in [-0.2, -0.15) is 15.0 Å². The summed E-state index contributed by atoms with van der Waals surface area (Å²) >= 11 is 0. The van der Waals surface area contributed by atoms with Crippen LogP contribution in [-0.2, 0) is 11.3 Å². The molecule has 0 amide bonds. The fourth-order valence-electron chi connectivity index (χ4n) is 2.13. The van der Waals surface area contributed by atoms with E-state index in [-0.39, 0.29) is 29.9 Å². The van der Waals surface area contributed by atoms with Crippen LogP contribution in [0.1, 0.15) is 21.9 Å². The van der Waals surface area contributed by atoms with Crippen molar-refractivity contribution >= 4 is 17.9 Å². The number of aryl methyl sites for hydroxylation is 1. The summed E-state index contributed by atoms with van der Waals surface area (Å²) in [5.41, 5.74) is 12.4. The largest absolute Gasteiger partial charge is 0.454 e. The van der Waals surface area contributed by atoms with Crippen LogP contribution in [0.5, 0.6) is 0 Å². The number of benzene rings is 1. The van der Waals surface area contributed by atoms with Crippen LogP contribution in [0.2, 0.25) is 0 Å². The molecule has 3 aromatic rings. The summed E-state index contributed by atoms with van der Waals surface area (Å²) < 4.78 is 10.4. The molecule has 0 aliphatic carbocycles. The van der Waals surface area contributed by atoms with Crippen LogP contribution in [0, 0.1) is 6.92 Å². The molecule has 9 heteroatoms. The minimum absolute atomic E-state index is 0.0420. The first-order valence-corrected chi connectivity index (χ1v) is 6.99. The lowest BCUT2D eigenvalue weighted by atomic mass is 10.1. The van der Waals surface area contributed by atoms with Crippen molar-refractivity contribution in [3.8, 4) is 11.3 Å². The summed E-state index contributed by atoms with van der Waals surface area (Å²) in [6.07, 6.45) is 0. The van der Waals surface area contributed by atoms with Crippen molar-refractivity contribution < 1.29 is 14.1 Å². The second-order valence-corrected chi connectivity index (χ2v) is 4.87. The van der Waals surface area contributed by atoms with E-state index < -0.39 is 5.97 Å². The second kappa shape index (κ2) is 6.32. The number of aromatic nitrogens is 4. The van der Waals surface area contributed by atoms with Gasteiger partial charge in [0.25, 0.3) is 0 Å². The molecule has 122 valence electrons. The summed E-state index contributed by atoms with van der Waals surface area (Å²) in [6, 6.07) is 9.18. The lowest BCUT2D eigenvalue weighted by Gasteiger charge is -2.05. The Labute approximate surface area is 136 Å². The van der Waals surface area contributed by atoms with E-state index >= 15 is 0 Å². The second-order valence-electron chi connectivity index (χ2n) is 4.87. The van der Waals surface area contributed by atoms with Crippen molar-refractivity contribution in [1.29, 1.82) is 0 Å². The third-order valence-corrected chi connectivity index (χ3v) is 3.16. The van der Waals surface area contributed by atoms with Gasteiger partial charge in [-0.1, -0.05) is 35.5 Å². The topological polar surface area (TPSA) is 143 Å². The third kappa shape index (κ3) is 3.14. The van der Waals surface area contributed by atoms with Crippen LogP contribution in [0.25, 0.3) is 11.3 Å². The van der Waals surface area contributed by atoms with Crippen molar-refractivity contribution in [2.75, 3.05) is 11.5 Å². The molecular weight excluding hydrogens is 312 g/mol. The van der Waals surface area contributed by atoms with Gasteiger partial charge in [0.15, 0.2) is 12.4 Å². The molecule has 0 unspecified atom stereocenters. The molecule has 0 fully saturated rings. The van der Waals surface area contributed by atoms with E-state index in [1.54, 1.807) is 6.92 Å². The highest BCUT2D eigenvalue weighted by molar-refractivity contribution is 5.97. The zero-order valence-electron chi connectivity index (χ0n) is 12.8. The predicted molar refractivity (Wildman–Crippen MR) is 84.4 cm³/mol.